The number of aliphatic hydroxyl groups excluding tert-OH is 1. The lowest BCUT2D eigenvalue weighted by Gasteiger charge is -2.29. The fourth-order valence-corrected chi connectivity index (χ4v) is 5.83. The standard InChI is InChI=1S/C37H58N8O9/c1-7-21(6)31(45-34(50)27(15-20(4)5)42-32(48)24(38)14-19(2)3)36(52)41-26(12-13-30(39)47)33(49)44-29(18-46)35(51)43-28(37(53)54)16-22-17-40-25-11-9-8-10-23(22)25/h8-11,17,19-21,24,26-29,31,40,46H,7,12-16,18,38H2,1-6H3,(H2,39,47)(H,41,52)(H,42,48)(H,43,51)(H,44,49)(H,45,50)(H,53,54)/t21-,24-,26-,27-,28-,29-,31-/m0/s1. The number of aromatic nitrogens is 1. The third-order valence-electron chi connectivity index (χ3n) is 9.04. The summed E-state index contributed by atoms with van der Waals surface area (Å²) in [6.45, 7) is 10.1. The first-order valence-electron chi connectivity index (χ1n) is 18.3. The van der Waals surface area contributed by atoms with Crippen LogP contribution in [0.25, 0.3) is 10.9 Å². The number of amides is 6. The van der Waals surface area contributed by atoms with E-state index < -0.39 is 90.2 Å². The monoisotopic (exact) mass is 758 g/mol. The van der Waals surface area contributed by atoms with E-state index in [1.807, 2.05) is 39.8 Å². The van der Waals surface area contributed by atoms with Crippen LogP contribution < -0.4 is 38.1 Å². The highest BCUT2D eigenvalue weighted by atomic mass is 16.4. The van der Waals surface area contributed by atoms with Gasteiger partial charge in [-0.05, 0) is 48.6 Å². The molecule has 6 amide bonds. The molecule has 0 saturated carbocycles. The summed E-state index contributed by atoms with van der Waals surface area (Å²) in [5.74, 6) is -6.38. The summed E-state index contributed by atoms with van der Waals surface area (Å²) in [5.41, 5.74) is 12.8. The molecule has 1 heterocycles. The van der Waals surface area contributed by atoms with E-state index in [1.54, 1.807) is 32.2 Å². The van der Waals surface area contributed by atoms with Crippen LogP contribution in [0, 0.1) is 17.8 Å². The maximum absolute atomic E-state index is 13.8. The molecule has 0 aliphatic heterocycles. The maximum atomic E-state index is 13.8. The van der Waals surface area contributed by atoms with Gasteiger partial charge in [-0.25, -0.2) is 4.79 Å². The highest BCUT2D eigenvalue weighted by molar-refractivity contribution is 5.97. The van der Waals surface area contributed by atoms with Crippen LogP contribution in [0.4, 0.5) is 0 Å². The van der Waals surface area contributed by atoms with E-state index in [2.05, 4.69) is 31.6 Å². The lowest BCUT2D eigenvalue weighted by atomic mass is 9.96. The molecule has 7 atom stereocenters. The quantitative estimate of drug-likeness (QED) is 0.0721. The highest BCUT2D eigenvalue weighted by Gasteiger charge is 2.35. The predicted octanol–water partition coefficient (Wildman–Crippen LogP) is -0.0576. The largest absolute Gasteiger partial charge is 0.480 e. The predicted molar refractivity (Wildman–Crippen MR) is 201 cm³/mol. The van der Waals surface area contributed by atoms with Gasteiger partial charge in [0.2, 0.25) is 35.4 Å². The van der Waals surface area contributed by atoms with Gasteiger partial charge < -0.3 is 53.2 Å². The summed E-state index contributed by atoms with van der Waals surface area (Å²) < 4.78 is 0. The van der Waals surface area contributed by atoms with Crippen LogP contribution in [0.2, 0.25) is 0 Å². The minimum absolute atomic E-state index is 0.0175. The van der Waals surface area contributed by atoms with E-state index in [0.29, 0.717) is 18.4 Å². The Balaban J connectivity index is 2.24. The fraction of sp³-hybridized carbons (Fsp3) is 0.595. The molecule has 0 aliphatic rings. The summed E-state index contributed by atoms with van der Waals surface area (Å²) in [7, 11) is 0. The second-order valence-corrected chi connectivity index (χ2v) is 14.6. The van der Waals surface area contributed by atoms with Gasteiger partial charge in [0.15, 0.2) is 0 Å². The fourth-order valence-electron chi connectivity index (χ4n) is 5.83. The molecule has 0 unspecified atom stereocenters. The van der Waals surface area contributed by atoms with Crippen molar-refractivity contribution in [2.24, 2.45) is 29.2 Å². The summed E-state index contributed by atoms with van der Waals surface area (Å²) in [5, 5.41) is 33.3. The van der Waals surface area contributed by atoms with Crippen LogP contribution in [0.5, 0.6) is 0 Å². The molecule has 0 bridgehead atoms. The zero-order valence-electron chi connectivity index (χ0n) is 31.9. The number of fused-ring (bicyclic) bond motifs is 1. The lowest BCUT2D eigenvalue weighted by Crippen LogP contribution is -2.61. The number of carboxylic acids is 1. The average Bonchev–Trinajstić information content (AvgIpc) is 3.51. The van der Waals surface area contributed by atoms with Crippen molar-refractivity contribution < 1.29 is 43.8 Å². The van der Waals surface area contributed by atoms with Crippen LogP contribution in [-0.2, 0) is 40.0 Å². The number of primary amides is 1. The van der Waals surface area contributed by atoms with Crippen molar-refractivity contribution in [3.63, 3.8) is 0 Å². The van der Waals surface area contributed by atoms with E-state index >= 15 is 0 Å². The van der Waals surface area contributed by atoms with E-state index in [0.717, 1.165) is 10.9 Å². The van der Waals surface area contributed by atoms with Crippen LogP contribution in [0.3, 0.4) is 0 Å². The molecule has 0 radical (unpaired) electrons. The number of hydrogen-bond donors (Lipinski definition) is 10. The molecule has 12 N–H and O–H groups in total. The molecule has 0 aliphatic carbocycles. The second kappa shape index (κ2) is 21.6. The molecule has 1 aromatic carbocycles. The summed E-state index contributed by atoms with van der Waals surface area (Å²) in [6.07, 6.45) is 1.95. The molecular weight excluding hydrogens is 700 g/mol. The molecule has 17 heteroatoms. The van der Waals surface area contributed by atoms with E-state index in [1.165, 1.54) is 0 Å². The van der Waals surface area contributed by atoms with Crippen molar-refractivity contribution in [2.45, 2.75) is 116 Å². The Morgan fingerprint density at radius 2 is 1.30 bits per heavy atom. The molecule has 2 rings (SSSR count). The van der Waals surface area contributed by atoms with E-state index in [9.17, 15) is 43.8 Å². The van der Waals surface area contributed by atoms with Gasteiger partial charge in [-0.3, -0.25) is 28.8 Å². The van der Waals surface area contributed by atoms with Crippen molar-refractivity contribution in [3.8, 4) is 0 Å². The van der Waals surface area contributed by atoms with E-state index in [-0.39, 0.29) is 37.5 Å². The normalized spacial score (nSPS) is 15.3. The summed E-state index contributed by atoms with van der Waals surface area (Å²) in [4.78, 5) is 93.8. The molecule has 17 nitrogen and oxygen atoms in total. The average molecular weight is 759 g/mol. The summed E-state index contributed by atoms with van der Waals surface area (Å²) in [6, 6.07) is -0.376. The van der Waals surface area contributed by atoms with Crippen molar-refractivity contribution in [3.05, 3.63) is 36.0 Å². The Labute approximate surface area is 315 Å². The zero-order chi connectivity index (χ0) is 40.7. The number of carboxylic acid groups (broad SMARTS) is 1. The zero-order valence-corrected chi connectivity index (χ0v) is 31.9. The maximum Gasteiger partial charge on any atom is 0.326 e. The van der Waals surface area contributed by atoms with Crippen molar-refractivity contribution in [2.75, 3.05) is 6.61 Å². The third kappa shape index (κ3) is 14.1. The topological polar surface area (TPSA) is 288 Å². The van der Waals surface area contributed by atoms with Crippen LogP contribution in [-0.4, -0.2) is 99.5 Å². The number of aromatic amines is 1. The van der Waals surface area contributed by atoms with Gasteiger partial charge in [0.05, 0.1) is 12.6 Å². The Morgan fingerprint density at radius 1 is 0.741 bits per heavy atom. The number of aliphatic carboxylic acids is 1. The third-order valence-corrected chi connectivity index (χ3v) is 9.04. The van der Waals surface area contributed by atoms with Gasteiger partial charge in [0, 0.05) is 29.9 Å². The molecule has 0 spiro atoms. The molecule has 2 aromatic rings. The number of aliphatic hydroxyl groups is 1. The minimum atomic E-state index is -1.64. The SMILES string of the molecule is CC[C@H](C)[C@H](NC(=O)[C@H](CC(C)C)NC(=O)[C@@H](N)CC(C)C)C(=O)N[C@@H](CCC(N)=O)C(=O)N[C@@H](CO)C(=O)N[C@@H](Cc1c[nH]c2ccccc12)C(=O)O. The van der Waals surface area contributed by atoms with E-state index in [4.69, 9.17) is 11.5 Å². The van der Waals surface area contributed by atoms with Gasteiger partial charge in [-0.1, -0.05) is 66.2 Å². The van der Waals surface area contributed by atoms with Crippen LogP contribution in [0.1, 0.15) is 79.2 Å². The Bertz CT molecular complexity index is 1610. The van der Waals surface area contributed by atoms with Gasteiger partial charge in [-0.15, -0.1) is 0 Å². The number of para-hydroxylation sites is 1. The van der Waals surface area contributed by atoms with Gasteiger partial charge in [0.25, 0.3) is 0 Å². The number of H-pyrrole nitrogens is 1. The van der Waals surface area contributed by atoms with Crippen molar-refractivity contribution in [1.82, 2.24) is 31.6 Å². The smallest absolute Gasteiger partial charge is 0.326 e. The van der Waals surface area contributed by atoms with Crippen molar-refractivity contribution in [1.29, 1.82) is 0 Å². The molecular formula is C37H58N8O9. The molecule has 54 heavy (non-hydrogen) atoms. The van der Waals surface area contributed by atoms with Gasteiger partial charge in [0.1, 0.15) is 30.2 Å². The number of nitrogens with one attached hydrogen (secondary N) is 6. The number of nitrogens with two attached hydrogens (primary N) is 2. The van der Waals surface area contributed by atoms with Crippen LogP contribution in [0.15, 0.2) is 30.5 Å². The molecule has 300 valence electrons. The summed E-state index contributed by atoms with van der Waals surface area (Å²) >= 11 is 0. The molecule has 1 aromatic heterocycles. The number of rotatable bonds is 23. The lowest BCUT2D eigenvalue weighted by molar-refractivity contribution is -0.142. The van der Waals surface area contributed by atoms with Gasteiger partial charge >= 0.3 is 5.97 Å². The number of hydrogen-bond acceptors (Lipinski definition) is 9. The Kier molecular flexibility index (Phi) is 18.1. The number of carbonyl (C=O) groups excluding carboxylic acids is 6. The Morgan fingerprint density at radius 3 is 1.87 bits per heavy atom. The molecule has 0 saturated heterocycles. The van der Waals surface area contributed by atoms with Crippen molar-refractivity contribution >= 4 is 52.3 Å². The van der Waals surface area contributed by atoms with Gasteiger partial charge in [-0.2, -0.15) is 0 Å². The van der Waals surface area contributed by atoms with Crippen LogP contribution >= 0.6 is 0 Å². The number of carbonyl (C=O) groups is 7. The first-order valence-corrected chi connectivity index (χ1v) is 18.3. The number of benzene rings is 1. The first-order chi connectivity index (χ1) is 25.4. The molecule has 0 fully saturated rings. The second-order valence-electron chi connectivity index (χ2n) is 14.6. The first kappa shape index (κ1) is 45.1. The Hall–Kier alpha value is -5.03. The highest BCUT2D eigenvalue weighted by Crippen LogP contribution is 2.19. The minimum Gasteiger partial charge on any atom is -0.480 e.